The van der Waals surface area contributed by atoms with Gasteiger partial charge in [0, 0.05) is 12.1 Å². The molecule has 1 unspecified atom stereocenters. The Bertz CT molecular complexity index is 434. The van der Waals surface area contributed by atoms with Gasteiger partial charge in [-0.2, -0.15) is 0 Å². The Morgan fingerprint density at radius 3 is 2.47 bits per heavy atom. The number of ether oxygens (including phenoxy) is 2. The van der Waals surface area contributed by atoms with Crippen molar-refractivity contribution in [2.24, 2.45) is 11.7 Å². The first-order chi connectivity index (χ1) is 9.08. The minimum Gasteiger partial charge on any atom is -0.486 e. The Balaban J connectivity index is 1.97. The zero-order valence-corrected chi connectivity index (χ0v) is 11.6. The minimum atomic E-state index is -0.220. The van der Waals surface area contributed by atoms with E-state index in [1.807, 2.05) is 0 Å². The second-order valence-electron chi connectivity index (χ2n) is 5.39. The van der Waals surface area contributed by atoms with Gasteiger partial charge in [-0.1, -0.05) is 13.8 Å². The summed E-state index contributed by atoms with van der Waals surface area (Å²) >= 11 is 0. The maximum absolute atomic E-state index is 13.9. The van der Waals surface area contributed by atoms with Crippen molar-refractivity contribution < 1.29 is 13.9 Å². The molecule has 1 atom stereocenters. The maximum Gasteiger partial charge on any atom is 0.164 e. The van der Waals surface area contributed by atoms with Crippen LogP contribution < -0.4 is 15.2 Å². The Labute approximate surface area is 113 Å². The Morgan fingerprint density at radius 2 is 1.84 bits per heavy atom. The van der Waals surface area contributed by atoms with Crippen molar-refractivity contribution in [2.75, 3.05) is 13.2 Å². The summed E-state index contributed by atoms with van der Waals surface area (Å²) in [4.78, 5) is 0. The highest BCUT2D eigenvalue weighted by molar-refractivity contribution is 5.44. The van der Waals surface area contributed by atoms with Crippen molar-refractivity contribution in [1.82, 2.24) is 0 Å². The van der Waals surface area contributed by atoms with Crippen molar-refractivity contribution in [3.05, 3.63) is 23.5 Å². The molecule has 0 radical (unpaired) electrons. The van der Waals surface area contributed by atoms with Crippen LogP contribution in [-0.2, 0) is 6.42 Å². The Morgan fingerprint density at radius 1 is 1.21 bits per heavy atom. The van der Waals surface area contributed by atoms with Crippen LogP contribution in [0.4, 0.5) is 4.39 Å². The summed E-state index contributed by atoms with van der Waals surface area (Å²) in [5.41, 5.74) is 6.67. The molecule has 0 saturated carbocycles. The molecular weight excluding hydrogens is 245 g/mol. The number of benzene rings is 1. The Hall–Kier alpha value is -1.29. The maximum atomic E-state index is 13.9. The van der Waals surface area contributed by atoms with E-state index < -0.39 is 0 Å². The molecule has 0 amide bonds. The molecule has 0 bridgehead atoms. The summed E-state index contributed by atoms with van der Waals surface area (Å²) in [6.45, 7) is 5.22. The van der Waals surface area contributed by atoms with Crippen LogP contribution in [0.25, 0.3) is 0 Å². The van der Waals surface area contributed by atoms with Crippen molar-refractivity contribution in [1.29, 1.82) is 0 Å². The van der Waals surface area contributed by atoms with E-state index in [1.54, 1.807) is 6.07 Å². The van der Waals surface area contributed by atoms with Gasteiger partial charge in [-0.05, 0) is 36.8 Å². The van der Waals surface area contributed by atoms with Crippen LogP contribution in [0.3, 0.4) is 0 Å². The molecule has 0 aliphatic carbocycles. The van der Waals surface area contributed by atoms with Gasteiger partial charge < -0.3 is 15.2 Å². The summed E-state index contributed by atoms with van der Waals surface area (Å²) < 4.78 is 24.7. The van der Waals surface area contributed by atoms with E-state index in [0.29, 0.717) is 42.6 Å². The Kier molecular flexibility index (Phi) is 4.64. The van der Waals surface area contributed by atoms with Gasteiger partial charge in [0.15, 0.2) is 11.5 Å². The van der Waals surface area contributed by atoms with Crippen LogP contribution in [0.1, 0.15) is 32.3 Å². The number of nitrogens with two attached hydrogens (primary N) is 1. The van der Waals surface area contributed by atoms with Gasteiger partial charge in [-0.15, -0.1) is 0 Å². The zero-order valence-electron chi connectivity index (χ0n) is 11.6. The molecule has 4 heteroatoms. The largest absolute Gasteiger partial charge is 0.486 e. The monoisotopic (exact) mass is 267 g/mol. The fourth-order valence-electron chi connectivity index (χ4n) is 2.16. The average Bonchev–Trinajstić information content (AvgIpc) is 2.39. The first-order valence-electron chi connectivity index (χ1n) is 6.91. The van der Waals surface area contributed by atoms with E-state index in [-0.39, 0.29) is 11.9 Å². The van der Waals surface area contributed by atoms with E-state index in [0.717, 1.165) is 12.8 Å². The number of fused-ring (bicyclic) bond motifs is 1. The molecule has 0 fully saturated rings. The van der Waals surface area contributed by atoms with E-state index in [4.69, 9.17) is 15.2 Å². The highest BCUT2D eigenvalue weighted by Gasteiger charge is 2.16. The average molecular weight is 267 g/mol. The summed E-state index contributed by atoms with van der Waals surface area (Å²) in [6.07, 6.45) is 2.48. The van der Waals surface area contributed by atoms with E-state index in [1.165, 1.54) is 6.07 Å². The van der Waals surface area contributed by atoms with Gasteiger partial charge in [-0.25, -0.2) is 4.39 Å². The third-order valence-corrected chi connectivity index (χ3v) is 3.55. The number of halogens is 1. The van der Waals surface area contributed by atoms with Crippen molar-refractivity contribution >= 4 is 0 Å². The molecule has 1 aliphatic rings. The summed E-state index contributed by atoms with van der Waals surface area (Å²) in [6, 6.07) is 3.36. The molecule has 19 heavy (non-hydrogen) atoms. The van der Waals surface area contributed by atoms with Gasteiger partial charge in [0.2, 0.25) is 0 Å². The SMILES string of the molecule is CC(C)C(N)CCCc1cc2c(cc1F)OCCO2. The molecule has 0 spiro atoms. The van der Waals surface area contributed by atoms with Gasteiger partial charge in [0.25, 0.3) is 0 Å². The molecule has 1 aromatic carbocycles. The zero-order chi connectivity index (χ0) is 13.8. The molecule has 0 aromatic heterocycles. The fourth-order valence-corrected chi connectivity index (χ4v) is 2.16. The highest BCUT2D eigenvalue weighted by atomic mass is 19.1. The molecule has 1 aromatic rings. The van der Waals surface area contributed by atoms with Gasteiger partial charge >= 0.3 is 0 Å². The highest BCUT2D eigenvalue weighted by Crippen LogP contribution is 2.33. The number of hydrogen-bond donors (Lipinski definition) is 1. The van der Waals surface area contributed by atoms with E-state index in [2.05, 4.69) is 13.8 Å². The minimum absolute atomic E-state index is 0.181. The molecule has 2 rings (SSSR count). The lowest BCUT2D eigenvalue weighted by molar-refractivity contribution is 0.170. The second kappa shape index (κ2) is 6.24. The molecule has 3 nitrogen and oxygen atoms in total. The van der Waals surface area contributed by atoms with E-state index in [9.17, 15) is 4.39 Å². The third-order valence-electron chi connectivity index (χ3n) is 3.55. The van der Waals surface area contributed by atoms with Crippen molar-refractivity contribution in [3.63, 3.8) is 0 Å². The first kappa shape index (κ1) is 14.1. The molecule has 106 valence electrons. The topological polar surface area (TPSA) is 44.5 Å². The molecule has 1 aliphatic heterocycles. The van der Waals surface area contributed by atoms with Crippen molar-refractivity contribution in [2.45, 2.75) is 39.2 Å². The van der Waals surface area contributed by atoms with Crippen LogP contribution in [0.15, 0.2) is 12.1 Å². The second-order valence-corrected chi connectivity index (χ2v) is 5.39. The lowest BCUT2D eigenvalue weighted by atomic mass is 9.97. The third kappa shape index (κ3) is 3.60. The quantitative estimate of drug-likeness (QED) is 0.892. The summed E-state index contributed by atoms with van der Waals surface area (Å²) in [7, 11) is 0. The standard InChI is InChI=1S/C15H22FNO2/c1-10(2)13(17)5-3-4-11-8-14-15(9-12(11)16)19-7-6-18-14/h8-10,13H,3-7,17H2,1-2H3. The molecular formula is C15H22FNO2. The summed E-state index contributed by atoms with van der Waals surface area (Å²) in [5.74, 6) is 1.40. The lowest BCUT2D eigenvalue weighted by Gasteiger charge is -2.20. The molecule has 0 saturated heterocycles. The van der Waals surface area contributed by atoms with Gasteiger partial charge in [0.05, 0.1) is 0 Å². The number of hydrogen-bond acceptors (Lipinski definition) is 3. The van der Waals surface area contributed by atoms with Crippen molar-refractivity contribution in [3.8, 4) is 11.5 Å². The normalized spacial score (nSPS) is 15.6. The number of rotatable bonds is 5. The van der Waals surface area contributed by atoms with E-state index >= 15 is 0 Å². The van der Waals surface area contributed by atoms with Crippen LogP contribution >= 0.6 is 0 Å². The van der Waals surface area contributed by atoms with Crippen LogP contribution in [0, 0.1) is 11.7 Å². The molecule has 2 N–H and O–H groups in total. The van der Waals surface area contributed by atoms with Crippen LogP contribution in [0.5, 0.6) is 11.5 Å². The lowest BCUT2D eigenvalue weighted by Crippen LogP contribution is -2.26. The summed E-state index contributed by atoms with van der Waals surface area (Å²) in [5, 5.41) is 0. The predicted octanol–water partition coefficient (Wildman–Crippen LogP) is 2.90. The smallest absolute Gasteiger partial charge is 0.164 e. The van der Waals surface area contributed by atoms with Gasteiger partial charge in [0.1, 0.15) is 19.0 Å². The number of aryl methyl sites for hydroxylation is 1. The predicted molar refractivity (Wildman–Crippen MR) is 73.1 cm³/mol. The molecule has 1 heterocycles. The fraction of sp³-hybridized carbons (Fsp3) is 0.600. The van der Waals surface area contributed by atoms with Gasteiger partial charge in [-0.3, -0.25) is 0 Å². The first-order valence-corrected chi connectivity index (χ1v) is 6.91. The van der Waals surface area contributed by atoms with Crippen LogP contribution in [0.2, 0.25) is 0 Å². The van der Waals surface area contributed by atoms with Crippen LogP contribution in [-0.4, -0.2) is 19.3 Å².